The quantitative estimate of drug-likeness (QED) is 0.418. The molecule has 170 valence electrons. The third-order valence-electron chi connectivity index (χ3n) is 6.14. The highest BCUT2D eigenvalue weighted by atomic mass is 32.1. The monoisotopic (exact) mass is 462 g/mol. The summed E-state index contributed by atoms with van der Waals surface area (Å²) in [5.41, 5.74) is 5.04. The Labute approximate surface area is 196 Å². The molecule has 0 unspecified atom stereocenters. The Morgan fingerprint density at radius 3 is 2.67 bits per heavy atom. The van der Waals surface area contributed by atoms with Crippen molar-refractivity contribution in [3.63, 3.8) is 0 Å². The van der Waals surface area contributed by atoms with Crippen molar-refractivity contribution in [3.8, 4) is 5.82 Å². The van der Waals surface area contributed by atoms with Crippen LogP contribution in [0.1, 0.15) is 18.4 Å². The van der Waals surface area contributed by atoms with Crippen molar-refractivity contribution in [2.75, 3.05) is 37.4 Å². The van der Waals surface area contributed by atoms with Crippen LogP contribution in [0.5, 0.6) is 0 Å². The third-order valence-corrected chi connectivity index (χ3v) is 6.71. The van der Waals surface area contributed by atoms with Crippen molar-refractivity contribution in [2.45, 2.75) is 25.3 Å². The molecule has 0 bridgehead atoms. The first kappa shape index (κ1) is 21.5. The van der Waals surface area contributed by atoms with E-state index < -0.39 is 0 Å². The SMILES string of the molecule is CN1CCC(N(C)c2nc(Nc3ccc(CC=O)cc3)c3ncn(-c4cscn4)c3n2)CC1. The molecule has 1 saturated heterocycles. The number of nitrogens with zero attached hydrogens (tertiary/aromatic N) is 7. The van der Waals surface area contributed by atoms with Gasteiger partial charge in [-0.25, -0.2) is 9.97 Å². The van der Waals surface area contributed by atoms with Crippen LogP contribution in [0.2, 0.25) is 0 Å². The number of carbonyl (C=O) groups is 1. The van der Waals surface area contributed by atoms with Gasteiger partial charge in [-0.05, 0) is 50.7 Å². The van der Waals surface area contributed by atoms with Crippen molar-refractivity contribution < 1.29 is 4.79 Å². The van der Waals surface area contributed by atoms with Crippen LogP contribution in [-0.4, -0.2) is 68.9 Å². The van der Waals surface area contributed by atoms with Crippen LogP contribution >= 0.6 is 11.3 Å². The van der Waals surface area contributed by atoms with E-state index in [1.807, 2.05) is 34.2 Å². The van der Waals surface area contributed by atoms with Crippen molar-refractivity contribution in [3.05, 3.63) is 47.0 Å². The Morgan fingerprint density at radius 1 is 1.18 bits per heavy atom. The molecule has 10 heteroatoms. The maximum absolute atomic E-state index is 10.8. The molecular formula is C23H26N8OS. The molecule has 0 amide bonds. The number of piperidine rings is 1. The number of likely N-dealkylation sites (tertiary alicyclic amines) is 1. The lowest BCUT2D eigenvalue weighted by atomic mass is 10.0. The fourth-order valence-corrected chi connectivity index (χ4v) is 4.65. The number of rotatable bonds is 7. The van der Waals surface area contributed by atoms with Gasteiger partial charge in [0.15, 0.2) is 22.8 Å². The standard InChI is InChI=1S/C23H26N8OS/c1-29-10-7-18(8-11-29)30(2)23-27-21(26-17-5-3-16(4-6-17)9-12-32)20-22(28-23)31(14-24-20)19-13-33-15-25-19/h3-6,12-15,18H,7-11H2,1-2H3,(H,26,27,28). The van der Waals surface area contributed by atoms with Crippen LogP contribution in [-0.2, 0) is 11.2 Å². The van der Waals surface area contributed by atoms with E-state index in [9.17, 15) is 4.79 Å². The number of carbonyl (C=O) groups excluding carboxylic acids is 1. The van der Waals surface area contributed by atoms with E-state index in [1.165, 1.54) is 11.3 Å². The smallest absolute Gasteiger partial charge is 0.229 e. The number of imidazole rings is 1. The van der Waals surface area contributed by atoms with Gasteiger partial charge in [-0.2, -0.15) is 9.97 Å². The second-order valence-corrected chi connectivity index (χ2v) is 9.06. The molecule has 0 radical (unpaired) electrons. The topological polar surface area (TPSA) is 92.1 Å². The van der Waals surface area contributed by atoms with Crippen molar-refractivity contribution in [1.29, 1.82) is 0 Å². The molecule has 0 atom stereocenters. The lowest BCUT2D eigenvalue weighted by Gasteiger charge is -2.35. The van der Waals surface area contributed by atoms with Gasteiger partial charge in [0.2, 0.25) is 5.95 Å². The van der Waals surface area contributed by atoms with Gasteiger partial charge in [-0.3, -0.25) is 4.57 Å². The number of aldehydes is 1. The van der Waals surface area contributed by atoms with Crippen LogP contribution in [0.15, 0.2) is 41.5 Å². The van der Waals surface area contributed by atoms with E-state index in [4.69, 9.17) is 9.97 Å². The van der Waals surface area contributed by atoms with E-state index in [1.54, 1.807) is 11.8 Å². The van der Waals surface area contributed by atoms with Gasteiger partial charge in [0.05, 0.1) is 5.51 Å². The van der Waals surface area contributed by atoms with Crippen LogP contribution < -0.4 is 10.2 Å². The molecule has 1 N–H and O–H groups in total. The van der Waals surface area contributed by atoms with Crippen LogP contribution in [0, 0.1) is 0 Å². The van der Waals surface area contributed by atoms with Gasteiger partial charge in [-0.1, -0.05) is 12.1 Å². The first-order chi connectivity index (χ1) is 16.1. The molecule has 1 aromatic carbocycles. The highest BCUT2D eigenvalue weighted by molar-refractivity contribution is 7.07. The molecule has 33 heavy (non-hydrogen) atoms. The largest absolute Gasteiger partial charge is 0.341 e. The molecular weight excluding hydrogens is 436 g/mol. The van der Waals surface area contributed by atoms with Crippen LogP contribution in [0.4, 0.5) is 17.5 Å². The van der Waals surface area contributed by atoms with Crippen molar-refractivity contribution >= 4 is 46.2 Å². The zero-order chi connectivity index (χ0) is 22.8. The van der Waals surface area contributed by atoms with Crippen LogP contribution in [0.25, 0.3) is 17.0 Å². The molecule has 3 aromatic heterocycles. The van der Waals surface area contributed by atoms with Gasteiger partial charge in [0.1, 0.15) is 12.6 Å². The fraction of sp³-hybridized carbons (Fsp3) is 0.348. The fourth-order valence-electron chi connectivity index (χ4n) is 4.13. The Kier molecular flexibility index (Phi) is 6.01. The van der Waals surface area contributed by atoms with E-state index >= 15 is 0 Å². The lowest BCUT2D eigenvalue weighted by Crippen LogP contribution is -2.42. The van der Waals surface area contributed by atoms with Gasteiger partial charge in [0, 0.05) is 30.6 Å². The summed E-state index contributed by atoms with van der Waals surface area (Å²) in [6.45, 7) is 2.12. The highest BCUT2D eigenvalue weighted by Gasteiger charge is 2.24. The number of aromatic nitrogens is 5. The summed E-state index contributed by atoms with van der Waals surface area (Å²) in [6.07, 6.45) is 5.20. The summed E-state index contributed by atoms with van der Waals surface area (Å²) in [5.74, 6) is 2.10. The van der Waals surface area contributed by atoms with Crippen LogP contribution in [0.3, 0.4) is 0 Å². The maximum atomic E-state index is 10.8. The predicted octanol–water partition coefficient (Wildman–Crippen LogP) is 3.29. The number of hydrogen-bond donors (Lipinski definition) is 1. The number of hydrogen-bond acceptors (Lipinski definition) is 9. The molecule has 0 spiro atoms. The van der Waals surface area contributed by atoms with Gasteiger partial charge in [-0.15, -0.1) is 11.3 Å². The number of nitrogens with one attached hydrogen (secondary N) is 1. The van der Waals surface area contributed by atoms with Gasteiger partial charge < -0.3 is 19.9 Å². The Bertz CT molecular complexity index is 1230. The van der Waals surface area contributed by atoms with Gasteiger partial charge in [0.25, 0.3) is 0 Å². The molecule has 1 aliphatic rings. The highest BCUT2D eigenvalue weighted by Crippen LogP contribution is 2.29. The maximum Gasteiger partial charge on any atom is 0.229 e. The Hall–Kier alpha value is -3.37. The Morgan fingerprint density at radius 2 is 1.97 bits per heavy atom. The Balaban J connectivity index is 1.54. The zero-order valence-corrected chi connectivity index (χ0v) is 19.5. The van der Waals surface area contributed by atoms with E-state index in [0.29, 0.717) is 35.4 Å². The second-order valence-electron chi connectivity index (χ2n) is 8.34. The summed E-state index contributed by atoms with van der Waals surface area (Å²) < 4.78 is 1.90. The van der Waals surface area contributed by atoms with Crippen molar-refractivity contribution in [1.82, 2.24) is 29.4 Å². The predicted molar refractivity (Wildman–Crippen MR) is 131 cm³/mol. The summed E-state index contributed by atoms with van der Waals surface area (Å²) in [4.78, 5) is 34.2. The first-order valence-electron chi connectivity index (χ1n) is 11.0. The number of anilines is 3. The zero-order valence-electron chi connectivity index (χ0n) is 18.7. The normalized spacial score (nSPS) is 15.1. The second kappa shape index (κ2) is 9.24. The molecule has 0 aliphatic carbocycles. The van der Waals surface area contributed by atoms with E-state index in [-0.39, 0.29) is 0 Å². The average Bonchev–Trinajstić information content (AvgIpc) is 3.50. The summed E-state index contributed by atoms with van der Waals surface area (Å²) >= 11 is 1.53. The van der Waals surface area contributed by atoms with Gasteiger partial charge >= 0.3 is 0 Å². The number of benzene rings is 1. The molecule has 1 aliphatic heterocycles. The summed E-state index contributed by atoms with van der Waals surface area (Å²) in [6, 6.07) is 8.16. The average molecular weight is 463 g/mol. The first-order valence-corrected chi connectivity index (χ1v) is 11.9. The number of fused-ring (bicyclic) bond motifs is 1. The lowest BCUT2D eigenvalue weighted by molar-refractivity contribution is -0.107. The molecule has 9 nitrogen and oxygen atoms in total. The summed E-state index contributed by atoms with van der Waals surface area (Å²) in [5, 5.41) is 5.39. The third kappa shape index (κ3) is 4.44. The molecule has 0 saturated carbocycles. The molecule has 1 fully saturated rings. The minimum Gasteiger partial charge on any atom is -0.341 e. The molecule has 4 aromatic rings. The minimum absolute atomic E-state index is 0.379. The summed E-state index contributed by atoms with van der Waals surface area (Å²) in [7, 11) is 4.23. The number of thiazole rings is 1. The minimum atomic E-state index is 0.379. The van der Waals surface area contributed by atoms with E-state index in [0.717, 1.165) is 49.3 Å². The van der Waals surface area contributed by atoms with E-state index in [2.05, 4.69) is 39.2 Å². The van der Waals surface area contributed by atoms with Crippen molar-refractivity contribution in [2.24, 2.45) is 0 Å². The molecule has 5 rings (SSSR count). The molecule has 4 heterocycles.